The molecule has 5 rings (SSSR count). The van der Waals surface area contributed by atoms with Gasteiger partial charge in [0.25, 0.3) is 0 Å². The Morgan fingerprint density at radius 2 is 1.56 bits per heavy atom. The summed E-state index contributed by atoms with van der Waals surface area (Å²) in [5.74, 6) is 4.90. The van der Waals surface area contributed by atoms with E-state index in [0.29, 0.717) is 11.7 Å². The van der Waals surface area contributed by atoms with Crippen molar-refractivity contribution in [3.63, 3.8) is 0 Å². The van der Waals surface area contributed by atoms with E-state index in [9.17, 15) is 4.79 Å². The van der Waals surface area contributed by atoms with Gasteiger partial charge in [0.05, 0.1) is 6.04 Å². The Balaban J connectivity index is 1.61. The van der Waals surface area contributed by atoms with Gasteiger partial charge in [0.15, 0.2) is 5.78 Å². The topological polar surface area (TPSA) is 29.1 Å². The molecule has 0 aromatic heterocycles. The van der Waals surface area contributed by atoms with Gasteiger partial charge in [-0.1, -0.05) is 13.8 Å². The standard InChI is InChI=1S/C16H25NO/c1-16(2)8-17-14(15(16)18)13-11-4-9-3-10(6-11)7-12(13)5-9/h9-14,17H,3-8H2,1-2H3. The number of carbonyl (C=O) groups excluding carboxylic acids is 1. The highest BCUT2D eigenvalue weighted by Crippen LogP contribution is 2.58. The van der Waals surface area contributed by atoms with E-state index in [1.165, 1.54) is 32.1 Å². The van der Waals surface area contributed by atoms with Crippen LogP contribution in [0.1, 0.15) is 46.0 Å². The van der Waals surface area contributed by atoms with E-state index in [0.717, 1.165) is 30.2 Å². The molecule has 5 aliphatic rings. The van der Waals surface area contributed by atoms with E-state index in [4.69, 9.17) is 0 Å². The van der Waals surface area contributed by atoms with Crippen molar-refractivity contribution in [2.24, 2.45) is 35.0 Å². The van der Waals surface area contributed by atoms with Crippen LogP contribution in [0, 0.1) is 35.0 Å². The first-order valence-corrected chi connectivity index (χ1v) is 7.82. The first-order valence-electron chi connectivity index (χ1n) is 7.82. The van der Waals surface area contributed by atoms with Crippen molar-refractivity contribution in [2.75, 3.05) is 6.54 Å². The van der Waals surface area contributed by atoms with Crippen LogP contribution in [-0.2, 0) is 4.79 Å². The molecule has 0 aromatic carbocycles. The monoisotopic (exact) mass is 247 g/mol. The van der Waals surface area contributed by atoms with Crippen LogP contribution >= 0.6 is 0 Å². The van der Waals surface area contributed by atoms with Crippen LogP contribution in [-0.4, -0.2) is 18.4 Å². The number of rotatable bonds is 1. The van der Waals surface area contributed by atoms with Gasteiger partial charge in [-0.25, -0.2) is 0 Å². The molecule has 1 N–H and O–H groups in total. The SMILES string of the molecule is CC1(C)CNC(C2C3CC4CC(C3)CC2C4)C1=O. The van der Waals surface area contributed by atoms with Gasteiger partial charge >= 0.3 is 0 Å². The van der Waals surface area contributed by atoms with Gasteiger partial charge in [-0.2, -0.15) is 0 Å². The summed E-state index contributed by atoms with van der Waals surface area (Å²) in [5, 5.41) is 3.58. The number of hydrogen-bond donors (Lipinski definition) is 1. The molecular weight excluding hydrogens is 222 g/mol. The Hall–Kier alpha value is -0.370. The zero-order chi connectivity index (χ0) is 12.5. The summed E-state index contributed by atoms with van der Waals surface area (Å²) in [5.41, 5.74) is -0.126. The molecule has 0 spiro atoms. The van der Waals surface area contributed by atoms with Gasteiger partial charge in [-0.05, 0) is 61.7 Å². The maximum Gasteiger partial charge on any atom is 0.156 e. The predicted molar refractivity (Wildman–Crippen MR) is 71.1 cm³/mol. The fourth-order valence-corrected chi connectivity index (χ4v) is 5.79. The summed E-state index contributed by atoms with van der Waals surface area (Å²) in [4.78, 5) is 12.6. The normalized spacial score (nSPS) is 53.1. The van der Waals surface area contributed by atoms with Crippen LogP contribution in [0.5, 0.6) is 0 Å². The van der Waals surface area contributed by atoms with Gasteiger partial charge in [0.1, 0.15) is 0 Å². The van der Waals surface area contributed by atoms with Crippen LogP contribution in [0.3, 0.4) is 0 Å². The molecule has 2 nitrogen and oxygen atoms in total. The molecule has 18 heavy (non-hydrogen) atoms. The fraction of sp³-hybridized carbons (Fsp3) is 0.938. The zero-order valence-electron chi connectivity index (χ0n) is 11.6. The minimum atomic E-state index is -0.126. The predicted octanol–water partition coefficient (Wildman–Crippen LogP) is 2.63. The molecule has 100 valence electrons. The van der Waals surface area contributed by atoms with E-state index in [-0.39, 0.29) is 11.5 Å². The lowest BCUT2D eigenvalue weighted by molar-refractivity contribution is -0.130. The Bertz CT molecular complexity index is 359. The molecule has 1 atom stereocenters. The molecular formula is C16H25NO. The highest BCUT2D eigenvalue weighted by atomic mass is 16.1. The summed E-state index contributed by atoms with van der Waals surface area (Å²) in [7, 11) is 0. The molecule has 0 amide bonds. The summed E-state index contributed by atoms with van der Waals surface area (Å²) in [6.45, 7) is 5.11. The highest BCUT2D eigenvalue weighted by molar-refractivity contribution is 5.91. The van der Waals surface area contributed by atoms with E-state index >= 15 is 0 Å². The summed E-state index contributed by atoms with van der Waals surface area (Å²) in [6.07, 6.45) is 7.18. The van der Waals surface area contributed by atoms with Crippen molar-refractivity contribution in [1.82, 2.24) is 5.32 Å². The molecule has 1 aliphatic heterocycles. The summed E-state index contributed by atoms with van der Waals surface area (Å²) < 4.78 is 0. The molecule has 2 heteroatoms. The molecule has 1 saturated heterocycles. The molecule has 5 fully saturated rings. The molecule has 1 heterocycles. The second-order valence-corrected chi connectivity index (χ2v) is 8.11. The second-order valence-electron chi connectivity index (χ2n) is 8.11. The molecule has 1 unspecified atom stereocenters. The lowest BCUT2D eigenvalue weighted by Crippen LogP contribution is -2.53. The second kappa shape index (κ2) is 3.59. The van der Waals surface area contributed by atoms with Crippen LogP contribution in [0.2, 0.25) is 0 Å². The highest BCUT2D eigenvalue weighted by Gasteiger charge is 2.55. The van der Waals surface area contributed by atoms with Gasteiger partial charge in [-0.15, -0.1) is 0 Å². The van der Waals surface area contributed by atoms with Gasteiger partial charge in [0, 0.05) is 12.0 Å². The average molecular weight is 247 g/mol. The Kier molecular flexibility index (Phi) is 2.29. The number of hydrogen-bond acceptors (Lipinski definition) is 2. The summed E-state index contributed by atoms with van der Waals surface area (Å²) in [6, 6.07) is 0.190. The maximum atomic E-state index is 12.6. The lowest BCUT2D eigenvalue weighted by Gasteiger charge is -2.55. The fourth-order valence-electron chi connectivity index (χ4n) is 5.79. The summed E-state index contributed by atoms with van der Waals surface area (Å²) >= 11 is 0. The number of carbonyl (C=O) groups is 1. The van der Waals surface area contributed by atoms with Crippen molar-refractivity contribution in [2.45, 2.75) is 52.0 Å². The largest absolute Gasteiger partial charge is 0.306 e. The van der Waals surface area contributed by atoms with Crippen molar-refractivity contribution in [3.05, 3.63) is 0 Å². The first-order chi connectivity index (χ1) is 8.54. The van der Waals surface area contributed by atoms with Crippen LogP contribution in [0.4, 0.5) is 0 Å². The molecule has 0 radical (unpaired) electrons. The van der Waals surface area contributed by atoms with Gasteiger partial charge in [-0.3, -0.25) is 4.79 Å². The number of ketones is 1. The number of nitrogens with one attached hydrogen (secondary N) is 1. The molecule has 4 saturated carbocycles. The Morgan fingerprint density at radius 3 is 2.00 bits per heavy atom. The van der Waals surface area contributed by atoms with Crippen molar-refractivity contribution >= 4 is 5.78 Å². The maximum absolute atomic E-state index is 12.6. The van der Waals surface area contributed by atoms with E-state index in [2.05, 4.69) is 19.2 Å². The molecule has 0 aromatic rings. The quantitative estimate of drug-likeness (QED) is 0.772. The van der Waals surface area contributed by atoms with Crippen LogP contribution in [0.15, 0.2) is 0 Å². The third-order valence-corrected chi connectivity index (χ3v) is 6.40. The smallest absolute Gasteiger partial charge is 0.156 e. The molecule has 4 aliphatic carbocycles. The average Bonchev–Trinajstić information content (AvgIpc) is 2.55. The van der Waals surface area contributed by atoms with Crippen molar-refractivity contribution in [3.8, 4) is 0 Å². The first kappa shape index (κ1) is 11.5. The third-order valence-electron chi connectivity index (χ3n) is 6.40. The van der Waals surface area contributed by atoms with Crippen molar-refractivity contribution in [1.29, 1.82) is 0 Å². The van der Waals surface area contributed by atoms with E-state index in [1.807, 2.05) is 0 Å². The van der Waals surface area contributed by atoms with Crippen molar-refractivity contribution < 1.29 is 4.79 Å². The minimum absolute atomic E-state index is 0.126. The lowest BCUT2D eigenvalue weighted by atomic mass is 9.50. The van der Waals surface area contributed by atoms with E-state index in [1.54, 1.807) is 0 Å². The Morgan fingerprint density at radius 1 is 1.00 bits per heavy atom. The van der Waals surface area contributed by atoms with Gasteiger partial charge in [0.2, 0.25) is 0 Å². The minimum Gasteiger partial charge on any atom is -0.306 e. The van der Waals surface area contributed by atoms with Crippen LogP contribution in [0.25, 0.3) is 0 Å². The van der Waals surface area contributed by atoms with E-state index < -0.39 is 0 Å². The Labute approximate surface area is 110 Å². The number of Topliss-reactive ketones (excluding diaryl/α,β-unsaturated/α-hetero) is 1. The molecule has 4 bridgehead atoms. The van der Waals surface area contributed by atoms with Crippen LogP contribution < -0.4 is 5.32 Å². The zero-order valence-corrected chi connectivity index (χ0v) is 11.6. The van der Waals surface area contributed by atoms with Gasteiger partial charge < -0.3 is 5.32 Å². The third kappa shape index (κ3) is 1.47.